The summed E-state index contributed by atoms with van der Waals surface area (Å²) in [5, 5.41) is 2.77. The van der Waals surface area contributed by atoms with Crippen molar-refractivity contribution in [3.8, 4) is 0 Å². The zero-order valence-corrected chi connectivity index (χ0v) is 10.7. The number of fused-ring (bicyclic) bond motifs is 1. The van der Waals surface area contributed by atoms with E-state index in [2.05, 4.69) is 21.2 Å². The van der Waals surface area contributed by atoms with Crippen LogP contribution in [0.4, 0.5) is 11.4 Å². The molecule has 0 spiro atoms. The van der Waals surface area contributed by atoms with Crippen LogP contribution in [0.5, 0.6) is 0 Å². The molecule has 17 heavy (non-hydrogen) atoms. The highest BCUT2D eigenvalue weighted by molar-refractivity contribution is 9.10. The number of benzene rings is 1. The van der Waals surface area contributed by atoms with Crippen LogP contribution in [0, 0.1) is 0 Å². The van der Waals surface area contributed by atoms with Crippen molar-refractivity contribution >= 4 is 39.1 Å². The van der Waals surface area contributed by atoms with E-state index in [1.54, 1.807) is 17.0 Å². The third-order valence-electron chi connectivity index (χ3n) is 2.56. The number of nitrogens with one attached hydrogen (secondary N) is 1. The van der Waals surface area contributed by atoms with Gasteiger partial charge in [0.25, 0.3) is 0 Å². The van der Waals surface area contributed by atoms with Crippen molar-refractivity contribution in [2.24, 2.45) is 5.73 Å². The second kappa shape index (κ2) is 4.85. The number of carbonyl (C=O) groups excluding carboxylic acids is 2. The van der Waals surface area contributed by atoms with Crippen molar-refractivity contribution in [1.82, 2.24) is 0 Å². The maximum Gasteiger partial charge on any atom is 0.240 e. The lowest BCUT2D eigenvalue weighted by atomic mass is 10.2. The standard InChI is InChI=1S/C11H12BrN3O2/c12-7-1-2-9-8(5-7)14-10(16)3-4-15(9)11(17)6-13/h1-2,5H,3-4,6,13H2,(H,14,16). The van der Waals surface area contributed by atoms with Crippen LogP contribution < -0.4 is 16.0 Å². The van der Waals surface area contributed by atoms with Crippen LogP contribution in [-0.4, -0.2) is 24.9 Å². The molecule has 5 nitrogen and oxygen atoms in total. The highest BCUT2D eigenvalue weighted by Gasteiger charge is 2.23. The predicted molar refractivity (Wildman–Crippen MR) is 68.8 cm³/mol. The number of halogens is 1. The molecule has 1 aromatic rings. The fraction of sp³-hybridized carbons (Fsp3) is 0.273. The molecule has 0 aliphatic carbocycles. The Morgan fingerprint density at radius 1 is 1.53 bits per heavy atom. The molecule has 0 saturated heterocycles. The number of rotatable bonds is 1. The van der Waals surface area contributed by atoms with E-state index in [0.717, 1.165) is 4.47 Å². The lowest BCUT2D eigenvalue weighted by molar-refractivity contribution is -0.117. The number of hydrogen-bond acceptors (Lipinski definition) is 3. The fourth-order valence-corrected chi connectivity index (χ4v) is 2.12. The Hall–Kier alpha value is -1.40. The largest absolute Gasteiger partial charge is 0.324 e. The molecule has 0 aromatic heterocycles. The molecule has 0 bridgehead atoms. The van der Waals surface area contributed by atoms with E-state index in [9.17, 15) is 9.59 Å². The van der Waals surface area contributed by atoms with E-state index in [-0.39, 0.29) is 24.8 Å². The molecule has 1 aliphatic rings. The zero-order valence-electron chi connectivity index (χ0n) is 9.07. The quantitative estimate of drug-likeness (QED) is 0.814. The van der Waals surface area contributed by atoms with Crippen molar-refractivity contribution in [2.45, 2.75) is 6.42 Å². The normalized spacial score (nSPS) is 14.9. The molecule has 90 valence electrons. The summed E-state index contributed by atoms with van der Waals surface area (Å²) >= 11 is 3.33. The van der Waals surface area contributed by atoms with Gasteiger partial charge < -0.3 is 16.0 Å². The SMILES string of the molecule is NCC(=O)N1CCC(=O)Nc2cc(Br)ccc21. The summed E-state index contributed by atoms with van der Waals surface area (Å²) in [5.74, 6) is -0.290. The molecular weight excluding hydrogens is 286 g/mol. The van der Waals surface area contributed by atoms with Gasteiger partial charge in [-0.15, -0.1) is 0 Å². The average Bonchev–Trinajstić information content (AvgIpc) is 2.46. The third-order valence-corrected chi connectivity index (χ3v) is 3.05. The summed E-state index contributed by atoms with van der Waals surface area (Å²) in [6.45, 7) is 0.292. The lowest BCUT2D eigenvalue weighted by Crippen LogP contribution is -2.36. The van der Waals surface area contributed by atoms with E-state index in [1.807, 2.05) is 6.07 Å². The topological polar surface area (TPSA) is 75.4 Å². The van der Waals surface area contributed by atoms with Crippen LogP contribution in [0.25, 0.3) is 0 Å². The van der Waals surface area contributed by atoms with Gasteiger partial charge in [0.2, 0.25) is 11.8 Å². The Kier molecular flexibility index (Phi) is 3.44. The van der Waals surface area contributed by atoms with Crippen molar-refractivity contribution in [1.29, 1.82) is 0 Å². The van der Waals surface area contributed by atoms with Gasteiger partial charge in [0.15, 0.2) is 0 Å². The molecule has 1 aromatic carbocycles. The summed E-state index contributed by atoms with van der Waals surface area (Å²) in [6, 6.07) is 5.39. The van der Waals surface area contributed by atoms with E-state index >= 15 is 0 Å². The van der Waals surface area contributed by atoms with Gasteiger partial charge in [-0.25, -0.2) is 0 Å². The fourth-order valence-electron chi connectivity index (χ4n) is 1.76. The van der Waals surface area contributed by atoms with Gasteiger partial charge in [-0.05, 0) is 18.2 Å². The first-order valence-corrected chi connectivity index (χ1v) is 6.01. The van der Waals surface area contributed by atoms with Crippen molar-refractivity contribution in [3.05, 3.63) is 22.7 Å². The molecule has 0 radical (unpaired) electrons. The number of hydrogen-bond donors (Lipinski definition) is 2. The summed E-state index contributed by atoms with van der Waals surface area (Å²) in [7, 11) is 0. The molecule has 3 N–H and O–H groups in total. The molecule has 0 unspecified atom stereocenters. The molecule has 1 heterocycles. The van der Waals surface area contributed by atoms with Crippen molar-refractivity contribution in [3.63, 3.8) is 0 Å². The number of nitrogens with zero attached hydrogens (tertiary/aromatic N) is 1. The van der Waals surface area contributed by atoms with Crippen molar-refractivity contribution in [2.75, 3.05) is 23.3 Å². The number of amides is 2. The molecule has 0 fully saturated rings. The third kappa shape index (κ3) is 2.48. The lowest BCUT2D eigenvalue weighted by Gasteiger charge is -2.21. The Bertz CT molecular complexity index is 476. The van der Waals surface area contributed by atoms with E-state index < -0.39 is 0 Å². The molecule has 2 amide bonds. The highest BCUT2D eigenvalue weighted by atomic mass is 79.9. The summed E-state index contributed by atoms with van der Waals surface area (Å²) in [4.78, 5) is 24.8. The van der Waals surface area contributed by atoms with Gasteiger partial charge in [0.05, 0.1) is 17.9 Å². The number of nitrogens with two attached hydrogens (primary N) is 1. The monoisotopic (exact) mass is 297 g/mol. The minimum Gasteiger partial charge on any atom is -0.324 e. The second-order valence-electron chi connectivity index (χ2n) is 3.71. The van der Waals surface area contributed by atoms with Crippen LogP contribution in [0.1, 0.15) is 6.42 Å². The van der Waals surface area contributed by atoms with Crippen LogP contribution in [0.15, 0.2) is 22.7 Å². The first-order chi connectivity index (χ1) is 8.11. The van der Waals surface area contributed by atoms with Crippen LogP contribution in [0.2, 0.25) is 0 Å². The van der Waals surface area contributed by atoms with Crippen LogP contribution in [0.3, 0.4) is 0 Å². The van der Waals surface area contributed by atoms with Gasteiger partial charge in [0, 0.05) is 17.4 Å². The smallest absolute Gasteiger partial charge is 0.240 e. The molecule has 2 rings (SSSR count). The molecule has 1 aliphatic heterocycles. The van der Waals surface area contributed by atoms with Gasteiger partial charge in [-0.1, -0.05) is 15.9 Å². The van der Waals surface area contributed by atoms with Gasteiger partial charge >= 0.3 is 0 Å². The summed E-state index contributed by atoms with van der Waals surface area (Å²) in [5.41, 5.74) is 6.69. The maximum atomic E-state index is 11.7. The number of carbonyl (C=O) groups is 2. The Morgan fingerprint density at radius 2 is 2.29 bits per heavy atom. The second-order valence-corrected chi connectivity index (χ2v) is 4.62. The van der Waals surface area contributed by atoms with Gasteiger partial charge in [0.1, 0.15) is 0 Å². The van der Waals surface area contributed by atoms with E-state index in [1.165, 1.54) is 0 Å². The van der Waals surface area contributed by atoms with Crippen molar-refractivity contribution < 1.29 is 9.59 Å². The average molecular weight is 298 g/mol. The predicted octanol–water partition coefficient (Wildman–Crippen LogP) is 1.08. The van der Waals surface area contributed by atoms with Crippen LogP contribution in [-0.2, 0) is 9.59 Å². The van der Waals surface area contributed by atoms with E-state index in [0.29, 0.717) is 17.9 Å². The molecule has 6 heteroatoms. The first-order valence-electron chi connectivity index (χ1n) is 5.21. The summed E-state index contributed by atoms with van der Waals surface area (Å²) < 4.78 is 0.846. The van der Waals surface area contributed by atoms with Gasteiger partial charge in [-0.3, -0.25) is 9.59 Å². The van der Waals surface area contributed by atoms with Crippen LogP contribution >= 0.6 is 15.9 Å². The molecule has 0 saturated carbocycles. The van der Waals surface area contributed by atoms with Gasteiger partial charge in [-0.2, -0.15) is 0 Å². The Labute approximate surface area is 107 Å². The Balaban J connectivity index is 2.46. The minimum absolute atomic E-state index is 0.0658. The molecule has 0 atom stereocenters. The maximum absolute atomic E-state index is 11.7. The number of anilines is 2. The first kappa shape index (κ1) is 12.1. The van der Waals surface area contributed by atoms with E-state index in [4.69, 9.17) is 5.73 Å². The highest BCUT2D eigenvalue weighted by Crippen LogP contribution is 2.31. The Morgan fingerprint density at radius 3 is 3.00 bits per heavy atom. The minimum atomic E-state index is -0.190. The zero-order chi connectivity index (χ0) is 12.4. The summed E-state index contributed by atoms with van der Waals surface area (Å²) in [6.07, 6.45) is 0.276. The molecular formula is C11H12BrN3O2.